The van der Waals surface area contributed by atoms with Crippen LogP contribution in [0.3, 0.4) is 0 Å². The molecule has 0 unspecified atom stereocenters. The predicted molar refractivity (Wildman–Crippen MR) is 106 cm³/mol. The van der Waals surface area contributed by atoms with Crippen molar-refractivity contribution in [1.29, 1.82) is 0 Å². The van der Waals surface area contributed by atoms with Gasteiger partial charge >= 0.3 is 0 Å². The monoisotopic (exact) mass is 376 g/mol. The summed E-state index contributed by atoms with van der Waals surface area (Å²) in [6, 6.07) is 21.0. The van der Waals surface area contributed by atoms with Crippen LogP contribution in [0, 0.1) is 0 Å². The molecule has 0 atom stereocenters. The molecule has 5 nitrogen and oxygen atoms in total. The summed E-state index contributed by atoms with van der Waals surface area (Å²) in [5.74, 6) is -0.652. The highest BCUT2D eigenvalue weighted by atomic mass is 32.1. The number of rotatable bonds is 4. The average molecular weight is 376 g/mol. The number of benzene rings is 3. The Bertz CT molecular complexity index is 1160. The summed E-state index contributed by atoms with van der Waals surface area (Å²) in [6.45, 7) is 0.386. The number of hydrogen-bond donors (Lipinski definition) is 3. The maximum atomic E-state index is 12.6. The van der Waals surface area contributed by atoms with E-state index in [1.165, 1.54) is 11.3 Å². The van der Waals surface area contributed by atoms with Crippen LogP contribution in [-0.4, -0.2) is 17.0 Å². The normalized spacial score (nSPS) is 10.9. The number of hydrogen-bond acceptors (Lipinski definition) is 4. The summed E-state index contributed by atoms with van der Waals surface area (Å²) in [4.78, 5) is 24.6. The number of fused-ring (bicyclic) bond motifs is 2. The van der Waals surface area contributed by atoms with Crippen LogP contribution in [-0.2, 0) is 6.54 Å². The molecule has 0 radical (unpaired) electrons. The topological polar surface area (TPSA) is 78.4 Å². The molecule has 0 spiro atoms. The van der Waals surface area contributed by atoms with E-state index in [1.807, 2.05) is 60.7 Å². The quantitative estimate of drug-likeness (QED) is 0.371. The third-order valence-electron chi connectivity index (χ3n) is 4.40. The summed E-state index contributed by atoms with van der Waals surface area (Å²) in [5, 5.41) is 14.6. The standard InChI is InChI=1S/C21H16N2O3S/c24-20(17-7-3-5-14-4-1-2-6-16(14)17)22-12-13-8-9-15-11-19(21(25)23-26)27-18(15)10-13/h1-11,26H,12H2,(H,22,24)(H,23,25). The molecule has 27 heavy (non-hydrogen) atoms. The fourth-order valence-corrected chi connectivity index (χ4v) is 4.07. The molecule has 6 heteroatoms. The van der Waals surface area contributed by atoms with E-state index in [0.717, 1.165) is 26.4 Å². The Balaban J connectivity index is 1.54. The molecule has 0 aliphatic rings. The van der Waals surface area contributed by atoms with E-state index < -0.39 is 5.91 Å². The smallest absolute Gasteiger partial charge is 0.284 e. The van der Waals surface area contributed by atoms with Crippen molar-refractivity contribution >= 4 is 44.0 Å². The molecular weight excluding hydrogens is 360 g/mol. The minimum atomic E-state index is -0.526. The Morgan fingerprint density at radius 2 is 1.70 bits per heavy atom. The van der Waals surface area contributed by atoms with Crippen LogP contribution in [0.5, 0.6) is 0 Å². The van der Waals surface area contributed by atoms with E-state index in [0.29, 0.717) is 17.0 Å². The highest BCUT2D eigenvalue weighted by Gasteiger charge is 2.11. The van der Waals surface area contributed by atoms with E-state index in [9.17, 15) is 9.59 Å². The fraction of sp³-hybridized carbons (Fsp3) is 0.0476. The zero-order valence-corrected chi connectivity index (χ0v) is 15.0. The fourth-order valence-electron chi connectivity index (χ4n) is 3.05. The maximum absolute atomic E-state index is 12.6. The van der Waals surface area contributed by atoms with E-state index in [4.69, 9.17) is 5.21 Å². The number of carbonyl (C=O) groups is 2. The van der Waals surface area contributed by atoms with Crippen molar-refractivity contribution in [3.63, 3.8) is 0 Å². The van der Waals surface area contributed by atoms with Crippen molar-refractivity contribution < 1.29 is 14.8 Å². The molecule has 3 N–H and O–H groups in total. The van der Waals surface area contributed by atoms with Gasteiger partial charge in [-0.2, -0.15) is 0 Å². The third-order valence-corrected chi connectivity index (χ3v) is 5.49. The van der Waals surface area contributed by atoms with Crippen molar-refractivity contribution in [2.75, 3.05) is 0 Å². The molecule has 2 amide bonds. The van der Waals surface area contributed by atoms with Gasteiger partial charge in [0, 0.05) is 16.8 Å². The number of nitrogens with one attached hydrogen (secondary N) is 2. The summed E-state index contributed by atoms with van der Waals surface area (Å²) < 4.78 is 0.922. The second-order valence-electron chi connectivity index (χ2n) is 6.13. The van der Waals surface area contributed by atoms with Crippen LogP contribution in [0.2, 0.25) is 0 Å². The molecule has 0 aliphatic heterocycles. The Hall–Kier alpha value is -3.22. The lowest BCUT2D eigenvalue weighted by Gasteiger charge is -2.08. The van der Waals surface area contributed by atoms with Crippen molar-refractivity contribution in [3.05, 3.63) is 82.7 Å². The first-order valence-electron chi connectivity index (χ1n) is 8.38. The lowest BCUT2D eigenvalue weighted by Crippen LogP contribution is -2.22. The summed E-state index contributed by atoms with van der Waals surface area (Å²) in [5.41, 5.74) is 3.23. The third kappa shape index (κ3) is 3.40. The van der Waals surface area contributed by atoms with E-state index >= 15 is 0 Å². The molecule has 0 aliphatic carbocycles. The average Bonchev–Trinajstić information content (AvgIpc) is 3.14. The van der Waals surface area contributed by atoms with Gasteiger partial charge in [-0.1, -0.05) is 48.5 Å². The van der Waals surface area contributed by atoms with Gasteiger partial charge in [-0.3, -0.25) is 14.8 Å². The first-order chi connectivity index (χ1) is 13.2. The van der Waals surface area contributed by atoms with Gasteiger partial charge in [-0.15, -0.1) is 11.3 Å². The van der Waals surface area contributed by atoms with Gasteiger partial charge in [0.1, 0.15) is 0 Å². The predicted octanol–water partition coefficient (Wildman–Crippen LogP) is 4.10. The van der Waals surface area contributed by atoms with Crippen molar-refractivity contribution in [2.24, 2.45) is 0 Å². The minimum absolute atomic E-state index is 0.126. The molecule has 0 saturated carbocycles. The summed E-state index contributed by atoms with van der Waals surface area (Å²) in [7, 11) is 0. The van der Waals surface area contributed by atoms with Gasteiger partial charge in [-0.25, -0.2) is 5.48 Å². The molecule has 1 heterocycles. The molecular formula is C21H16N2O3S. The van der Waals surface area contributed by atoms with Gasteiger partial charge in [-0.05, 0) is 39.9 Å². The van der Waals surface area contributed by atoms with Crippen molar-refractivity contribution in [3.8, 4) is 0 Å². The van der Waals surface area contributed by atoms with Crippen LogP contribution in [0.15, 0.2) is 66.7 Å². The number of hydroxylamine groups is 1. The van der Waals surface area contributed by atoms with Crippen LogP contribution >= 0.6 is 11.3 Å². The van der Waals surface area contributed by atoms with Crippen LogP contribution < -0.4 is 10.8 Å². The van der Waals surface area contributed by atoms with Crippen LogP contribution in [0.1, 0.15) is 25.6 Å². The largest absolute Gasteiger partial charge is 0.348 e. The van der Waals surface area contributed by atoms with Gasteiger partial charge in [0.15, 0.2) is 0 Å². The zero-order chi connectivity index (χ0) is 18.8. The van der Waals surface area contributed by atoms with Gasteiger partial charge in [0.2, 0.25) is 0 Å². The molecule has 1 aromatic heterocycles. The van der Waals surface area contributed by atoms with E-state index in [2.05, 4.69) is 5.32 Å². The van der Waals surface area contributed by atoms with Crippen molar-refractivity contribution in [1.82, 2.24) is 10.8 Å². The Morgan fingerprint density at radius 3 is 2.56 bits per heavy atom. The summed E-state index contributed by atoms with van der Waals surface area (Å²) in [6.07, 6.45) is 0. The first kappa shape index (κ1) is 17.2. The highest BCUT2D eigenvalue weighted by Crippen LogP contribution is 2.26. The number of thiophene rings is 1. The lowest BCUT2D eigenvalue weighted by atomic mass is 10.0. The number of amides is 2. The minimum Gasteiger partial charge on any atom is -0.348 e. The van der Waals surface area contributed by atoms with Gasteiger partial charge in [0.25, 0.3) is 11.8 Å². The Kier molecular flexibility index (Phi) is 4.58. The molecule has 4 rings (SSSR count). The van der Waals surface area contributed by atoms with Gasteiger partial charge < -0.3 is 5.32 Å². The van der Waals surface area contributed by atoms with E-state index in [-0.39, 0.29) is 5.91 Å². The van der Waals surface area contributed by atoms with Crippen molar-refractivity contribution in [2.45, 2.75) is 6.54 Å². The van der Waals surface area contributed by atoms with Gasteiger partial charge in [0.05, 0.1) is 4.88 Å². The second kappa shape index (κ2) is 7.19. The number of carbonyl (C=O) groups excluding carboxylic acids is 2. The zero-order valence-electron chi connectivity index (χ0n) is 14.2. The van der Waals surface area contributed by atoms with Crippen LogP contribution in [0.4, 0.5) is 0 Å². The lowest BCUT2D eigenvalue weighted by molar-refractivity contribution is 0.0711. The second-order valence-corrected chi connectivity index (χ2v) is 7.22. The summed E-state index contributed by atoms with van der Waals surface area (Å²) >= 11 is 1.29. The first-order valence-corrected chi connectivity index (χ1v) is 9.20. The Labute approximate surface area is 159 Å². The Morgan fingerprint density at radius 1 is 0.889 bits per heavy atom. The highest BCUT2D eigenvalue weighted by molar-refractivity contribution is 7.20. The maximum Gasteiger partial charge on any atom is 0.284 e. The van der Waals surface area contributed by atoms with E-state index in [1.54, 1.807) is 11.5 Å². The van der Waals surface area contributed by atoms with Crippen LogP contribution in [0.25, 0.3) is 20.9 Å². The molecule has 4 aromatic rings. The molecule has 0 saturated heterocycles. The molecule has 0 bridgehead atoms. The molecule has 134 valence electrons. The SMILES string of the molecule is O=C(NO)c1cc2ccc(CNC(=O)c3cccc4ccccc34)cc2s1. The molecule has 0 fully saturated rings. The molecule has 3 aromatic carbocycles.